The molecule has 0 N–H and O–H groups in total. The van der Waals surface area contributed by atoms with Gasteiger partial charge in [-0.25, -0.2) is 0 Å². The molecule has 0 bridgehead atoms. The van der Waals surface area contributed by atoms with E-state index in [1.54, 1.807) is 0 Å². The van der Waals surface area contributed by atoms with E-state index in [-0.39, 0.29) is 31.1 Å². The fourth-order valence-electron chi connectivity index (χ4n) is 9.91. The fraction of sp³-hybridized carbons (Fsp3) is 0.842. The van der Waals surface area contributed by atoms with E-state index in [1.165, 1.54) is 38.5 Å². The molecule has 0 spiro atoms. The summed E-state index contributed by atoms with van der Waals surface area (Å²) in [5.41, 5.74) is 0. The van der Waals surface area contributed by atoms with E-state index in [4.69, 9.17) is 28.4 Å². The van der Waals surface area contributed by atoms with Gasteiger partial charge in [0.25, 0.3) is 0 Å². The molecule has 9 nitrogen and oxygen atoms in total. The lowest BCUT2D eigenvalue weighted by Crippen LogP contribution is -2.30. The molecule has 3 saturated heterocycles. The van der Waals surface area contributed by atoms with Crippen molar-refractivity contribution in [3.63, 3.8) is 0 Å². The van der Waals surface area contributed by atoms with Crippen LogP contribution in [0.1, 0.15) is 215 Å². The van der Waals surface area contributed by atoms with E-state index in [0.717, 1.165) is 135 Å². The molecule has 6 atom stereocenters. The van der Waals surface area contributed by atoms with Crippen molar-refractivity contribution in [1.82, 2.24) is 0 Å². The second kappa shape index (κ2) is 36.5. The maximum Gasteiger partial charge on any atom is 0.306 e. The Morgan fingerprint density at radius 2 is 0.697 bits per heavy atom. The van der Waals surface area contributed by atoms with Crippen LogP contribution in [0.15, 0.2) is 36.5 Å². The topological polar surface area (TPSA) is 116 Å². The Bertz CT molecular complexity index is 1270. The van der Waals surface area contributed by atoms with Crippen molar-refractivity contribution in [3.8, 4) is 0 Å². The zero-order valence-electron chi connectivity index (χ0n) is 43.0. The average molecular weight is 927 g/mol. The van der Waals surface area contributed by atoms with Crippen molar-refractivity contribution in [2.45, 2.75) is 239 Å². The molecule has 0 aromatic carbocycles. The van der Waals surface area contributed by atoms with Gasteiger partial charge in [-0.15, -0.1) is 0 Å². The Balaban J connectivity index is 1.31. The van der Waals surface area contributed by atoms with Crippen LogP contribution >= 0.6 is 0 Å². The Labute approximate surface area is 403 Å². The summed E-state index contributed by atoms with van der Waals surface area (Å²) in [5, 5.41) is 0. The van der Waals surface area contributed by atoms with Gasteiger partial charge < -0.3 is 28.4 Å². The van der Waals surface area contributed by atoms with Crippen molar-refractivity contribution in [1.29, 1.82) is 0 Å². The average Bonchev–Trinajstić information content (AvgIpc) is 4.15. The van der Waals surface area contributed by atoms with E-state index in [0.29, 0.717) is 73.1 Å². The minimum Gasteiger partial charge on any atom is -0.462 e. The van der Waals surface area contributed by atoms with Gasteiger partial charge in [-0.1, -0.05) is 174 Å². The molecular weight excluding hydrogens is 829 g/mol. The zero-order chi connectivity index (χ0) is 47.6. The van der Waals surface area contributed by atoms with Crippen molar-refractivity contribution < 1.29 is 42.8 Å². The Morgan fingerprint density at radius 3 is 0.985 bits per heavy atom. The van der Waals surface area contributed by atoms with Crippen LogP contribution in [0.4, 0.5) is 0 Å². The number of epoxide rings is 3. The quantitative estimate of drug-likeness (QED) is 0.0194. The molecule has 9 heteroatoms. The number of carbonyl (C=O) groups is 3. The highest BCUT2D eigenvalue weighted by atomic mass is 16.6. The highest BCUT2D eigenvalue weighted by molar-refractivity contribution is 5.71. The molecule has 3 rings (SSSR count). The van der Waals surface area contributed by atoms with Gasteiger partial charge in [0.05, 0.1) is 38.1 Å². The van der Waals surface area contributed by atoms with Crippen molar-refractivity contribution in [2.75, 3.05) is 33.0 Å². The number of carbonyl (C=O) groups excluding carboxylic acids is 3. The number of allylic oxidation sites excluding steroid dienone is 3. The normalized spacial score (nSPS) is 19.9. The van der Waals surface area contributed by atoms with Gasteiger partial charge in [-0.3, -0.25) is 14.4 Å². The molecule has 0 aromatic rings. The van der Waals surface area contributed by atoms with Crippen LogP contribution in [0.2, 0.25) is 0 Å². The van der Waals surface area contributed by atoms with Crippen LogP contribution in [0.5, 0.6) is 0 Å². The van der Waals surface area contributed by atoms with Crippen molar-refractivity contribution in [2.24, 2.45) is 35.5 Å². The van der Waals surface area contributed by atoms with Gasteiger partial charge in [0, 0.05) is 37.0 Å². The molecule has 3 aliphatic heterocycles. The first kappa shape index (κ1) is 57.8. The van der Waals surface area contributed by atoms with E-state index in [9.17, 15) is 14.4 Å². The van der Waals surface area contributed by atoms with Gasteiger partial charge in [0.2, 0.25) is 0 Å². The van der Waals surface area contributed by atoms with Crippen LogP contribution in [-0.4, -0.2) is 75.4 Å². The molecule has 66 heavy (non-hydrogen) atoms. The number of esters is 3. The van der Waals surface area contributed by atoms with E-state index < -0.39 is 6.10 Å². The summed E-state index contributed by atoms with van der Waals surface area (Å²) in [6.07, 6.45) is 41.2. The largest absolute Gasteiger partial charge is 0.462 e. The van der Waals surface area contributed by atoms with Gasteiger partial charge in [-0.05, 0) is 75.5 Å². The number of ether oxygens (including phenoxy) is 6. The number of rotatable bonds is 44. The number of hydrogen-bond acceptors (Lipinski definition) is 9. The smallest absolute Gasteiger partial charge is 0.306 e. The molecule has 3 aliphatic rings. The van der Waals surface area contributed by atoms with E-state index >= 15 is 0 Å². The van der Waals surface area contributed by atoms with Crippen LogP contribution < -0.4 is 0 Å². The molecular formula is C57H98O9. The van der Waals surface area contributed by atoms with Crippen LogP contribution in [0.25, 0.3) is 0 Å². The minimum atomic E-state index is -0.810. The molecule has 3 fully saturated rings. The molecule has 0 aromatic heterocycles. The lowest BCUT2D eigenvalue weighted by Gasteiger charge is -2.20. The summed E-state index contributed by atoms with van der Waals surface area (Å²) < 4.78 is 33.8. The third kappa shape index (κ3) is 26.3. The predicted octanol–water partition coefficient (Wildman–Crippen LogP) is 14.2. The SMILES string of the molecule is CCC(CC)C(/C=C/CCCCCCCC(=O)OCC(COC(=O)CCCCCCC/C=C/C(C(CC)CC)[C@H]1CO1)OC(=O)CCCCCCC/C=C/C(C(CC)CC)[C@H]1CO1)[C@H]1CO1. The lowest BCUT2D eigenvalue weighted by molar-refractivity contribution is -0.167. The standard InChI is InChI=1S/C57H98O9/c1-7-45(8-2)49(52-42-61-52)34-28-22-16-13-19-25-31-37-55(58)64-40-48(66-57(60)39-33-27-21-15-18-24-30-36-51(54-44-63-54)47(11-5)12-6)41-65-56(59)38-32-26-20-14-17-23-29-35-50(53-43-62-53)46(9-3)10-4/h28-30,34-36,45-54H,7-27,31-33,37-44H2,1-6H3/b34-28+,35-29+,36-30+/t48?,49?,50?,51?,52-,53-,54-/m1/s1. The fourth-order valence-corrected chi connectivity index (χ4v) is 9.91. The van der Waals surface area contributed by atoms with E-state index in [2.05, 4.69) is 78.0 Å². The van der Waals surface area contributed by atoms with Crippen molar-refractivity contribution >= 4 is 17.9 Å². The first-order chi connectivity index (χ1) is 32.3. The predicted molar refractivity (Wildman–Crippen MR) is 268 cm³/mol. The van der Waals surface area contributed by atoms with Crippen LogP contribution in [-0.2, 0) is 42.8 Å². The molecule has 0 amide bonds. The zero-order valence-corrected chi connectivity index (χ0v) is 43.0. The highest BCUT2D eigenvalue weighted by Crippen LogP contribution is 2.34. The third-order valence-electron chi connectivity index (χ3n) is 14.6. The van der Waals surface area contributed by atoms with Gasteiger partial charge in [0.15, 0.2) is 6.10 Å². The second-order valence-electron chi connectivity index (χ2n) is 19.8. The molecule has 0 aliphatic carbocycles. The second-order valence-corrected chi connectivity index (χ2v) is 19.8. The maximum atomic E-state index is 12.9. The molecule has 380 valence electrons. The number of hydrogen-bond donors (Lipinski definition) is 0. The minimum absolute atomic E-state index is 0.104. The molecule has 3 unspecified atom stereocenters. The van der Waals surface area contributed by atoms with Crippen LogP contribution in [0.3, 0.4) is 0 Å². The Kier molecular flexibility index (Phi) is 32.0. The summed E-state index contributed by atoms with van der Waals surface area (Å²) in [6.45, 7) is 16.1. The first-order valence-electron chi connectivity index (χ1n) is 27.6. The summed E-state index contributed by atoms with van der Waals surface area (Å²) >= 11 is 0. The monoisotopic (exact) mass is 927 g/mol. The molecule has 3 heterocycles. The molecule has 0 radical (unpaired) electrons. The van der Waals surface area contributed by atoms with Gasteiger partial charge in [0.1, 0.15) is 13.2 Å². The van der Waals surface area contributed by atoms with Gasteiger partial charge >= 0.3 is 17.9 Å². The van der Waals surface area contributed by atoms with Gasteiger partial charge in [-0.2, -0.15) is 0 Å². The summed E-state index contributed by atoms with van der Waals surface area (Å²) in [7, 11) is 0. The maximum absolute atomic E-state index is 12.9. The summed E-state index contributed by atoms with van der Waals surface area (Å²) in [6, 6.07) is 0. The van der Waals surface area contributed by atoms with Crippen molar-refractivity contribution in [3.05, 3.63) is 36.5 Å². The highest BCUT2D eigenvalue weighted by Gasteiger charge is 2.36. The first-order valence-corrected chi connectivity index (χ1v) is 27.6. The summed E-state index contributed by atoms with van der Waals surface area (Å²) in [4.78, 5) is 38.4. The number of unbranched alkanes of at least 4 members (excludes halogenated alkanes) is 15. The Hall–Kier alpha value is -2.49. The van der Waals surface area contributed by atoms with Crippen LogP contribution in [0, 0.1) is 35.5 Å². The summed E-state index contributed by atoms with van der Waals surface area (Å²) in [5.74, 6) is 2.77. The van der Waals surface area contributed by atoms with E-state index in [1.807, 2.05) is 0 Å². The third-order valence-corrected chi connectivity index (χ3v) is 14.6. The molecule has 0 saturated carbocycles. The Morgan fingerprint density at radius 1 is 0.424 bits per heavy atom. The lowest BCUT2D eigenvalue weighted by atomic mass is 9.85.